The highest BCUT2D eigenvalue weighted by Gasteiger charge is 2.26. The number of hydrogen-bond donors (Lipinski definition) is 4. The summed E-state index contributed by atoms with van der Waals surface area (Å²) in [5.74, 6) is 1.94. The molecule has 2 heterocycles. The van der Waals surface area contributed by atoms with E-state index in [0.717, 1.165) is 43.5 Å². The summed E-state index contributed by atoms with van der Waals surface area (Å²) in [6, 6.07) is 8.89. The van der Waals surface area contributed by atoms with Crippen molar-refractivity contribution in [3.8, 4) is 0 Å². The van der Waals surface area contributed by atoms with Gasteiger partial charge < -0.3 is 16.4 Å². The molecule has 0 bridgehead atoms. The van der Waals surface area contributed by atoms with E-state index >= 15 is 0 Å². The van der Waals surface area contributed by atoms with Crippen LogP contribution in [-0.2, 0) is 12.8 Å². The minimum Gasteiger partial charge on any atom is -0.385 e. The summed E-state index contributed by atoms with van der Waals surface area (Å²) in [5, 5.41) is 11.0. The molecule has 0 atom stereocenters. The van der Waals surface area contributed by atoms with Crippen LogP contribution in [0.1, 0.15) is 24.0 Å². The van der Waals surface area contributed by atoms with Gasteiger partial charge in [0.05, 0.1) is 11.3 Å². The molecule has 124 valence electrons. The molecule has 0 unspecified atom stereocenters. The largest absolute Gasteiger partial charge is 0.385 e. The maximum absolute atomic E-state index is 6.12. The summed E-state index contributed by atoms with van der Waals surface area (Å²) in [7, 11) is 0. The SMILES string of the molecule is C=C(/N=C1/NN=C2CCCNC(N)=C21)NC1Cc2ccccc2C1. The van der Waals surface area contributed by atoms with E-state index in [9.17, 15) is 0 Å². The summed E-state index contributed by atoms with van der Waals surface area (Å²) >= 11 is 0. The molecule has 3 aliphatic rings. The highest BCUT2D eigenvalue weighted by Crippen LogP contribution is 2.22. The third kappa shape index (κ3) is 2.75. The molecule has 0 spiro atoms. The maximum atomic E-state index is 6.12. The van der Waals surface area contributed by atoms with Gasteiger partial charge in [0.15, 0.2) is 5.84 Å². The normalized spacial score (nSPS) is 21.5. The average molecular weight is 322 g/mol. The van der Waals surface area contributed by atoms with Crippen LogP contribution in [0.5, 0.6) is 0 Å². The summed E-state index contributed by atoms with van der Waals surface area (Å²) in [6.45, 7) is 4.92. The number of hydrazone groups is 1. The third-order valence-corrected chi connectivity index (χ3v) is 4.67. The Hall–Kier alpha value is -2.76. The molecule has 1 aliphatic carbocycles. The first-order valence-corrected chi connectivity index (χ1v) is 8.38. The van der Waals surface area contributed by atoms with Crippen LogP contribution >= 0.6 is 0 Å². The lowest BCUT2D eigenvalue weighted by Crippen LogP contribution is -2.30. The van der Waals surface area contributed by atoms with Crippen molar-refractivity contribution in [2.24, 2.45) is 15.8 Å². The van der Waals surface area contributed by atoms with Crippen LogP contribution in [-0.4, -0.2) is 24.1 Å². The maximum Gasteiger partial charge on any atom is 0.161 e. The Morgan fingerprint density at radius 1 is 1.29 bits per heavy atom. The number of hydrogen-bond acceptors (Lipinski definition) is 5. The average Bonchev–Trinajstić information content (AvgIpc) is 3.09. The van der Waals surface area contributed by atoms with Gasteiger partial charge in [0.25, 0.3) is 0 Å². The molecule has 0 amide bonds. The number of aliphatic imine (C=N–C) groups is 1. The molecule has 0 aromatic heterocycles. The zero-order valence-corrected chi connectivity index (χ0v) is 13.6. The fourth-order valence-corrected chi connectivity index (χ4v) is 3.54. The number of fused-ring (bicyclic) bond motifs is 2. The molecule has 0 fully saturated rings. The molecule has 1 aromatic rings. The van der Waals surface area contributed by atoms with Crippen LogP contribution in [0.2, 0.25) is 0 Å². The molecule has 5 N–H and O–H groups in total. The molecular weight excluding hydrogens is 300 g/mol. The fraction of sp³-hybridized carbons (Fsp3) is 0.333. The lowest BCUT2D eigenvalue weighted by Gasteiger charge is -2.14. The second-order valence-corrected chi connectivity index (χ2v) is 6.41. The number of rotatable bonds is 3. The minimum absolute atomic E-state index is 0.333. The highest BCUT2D eigenvalue weighted by atomic mass is 15.4. The molecule has 6 nitrogen and oxygen atoms in total. The van der Waals surface area contributed by atoms with Crippen molar-refractivity contribution in [2.45, 2.75) is 31.7 Å². The molecule has 0 radical (unpaired) electrons. The lowest BCUT2D eigenvalue weighted by atomic mass is 10.1. The minimum atomic E-state index is 0.333. The van der Waals surface area contributed by atoms with Gasteiger partial charge in [-0.1, -0.05) is 30.8 Å². The second-order valence-electron chi connectivity index (χ2n) is 6.41. The van der Waals surface area contributed by atoms with E-state index in [1.807, 2.05) is 0 Å². The Labute approximate surface area is 141 Å². The van der Waals surface area contributed by atoms with Gasteiger partial charge in [-0.15, -0.1) is 0 Å². The van der Waals surface area contributed by atoms with Gasteiger partial charge >= 0.3 is 0 Å². The molecule has 2 aliphatic heterocycles. The molecule has 0 saturated heterocycles. The van der Waals surface area contributed by atoms with Crippen molar-refractivity contribution in [1.29, 1.82) is 0 Å². The Kier molecular flexibility index (Phi) is 3.72. The van der Waals surface area contributed by atoms with Crippen LogP contribution in [0.4, 0.5) is 0 Å². The number of benzene rings is 1. The number of nitrogens with zero attached hydrogens (tertiary/aromatic N) is 2. The van der Waals surface area contributed by atoms with Crippen molar-refractivity contribution in [3.63, 3.8) is 0 Å². The van der Waals surface area contributed by atoms with Gasteiger partial charge in [0, 0.05) is 12.6 Å². The highest BCUT2D eigenvalue weighted by molar-refractivity contribution is 6.27. The fourth-order valence-electron chi connectivity index (χ4n) is 3.54. The van der Waals surface area contributed by atoms with Crippen molar-refractivity contribution in [3.05, 3.63) is 59.2 Å². The van der Waals surface area contributed by atoms with Gasteiger partial charge in [-0.25, -0.2) is 4.99 Å². The van der Waals surface area contributed by atoms with Gasteiger partial charge in [-0.2, -0.15) is 5.10 Å². The van der Waals surface area contributed by atoms with Gasteiger partial charge in [-0.05, 0) is 36.8 Å². The first-order chi connectivity index (χ1) is 11.7. The predicted molar refractivity (Wildman–Crippen MR) is 96.4 cm³/mol. The van der Waals surface area contributed by atoms with Crippen molar-refractivity contribution in [2.75, 3.05) is 6.54 Å². The standard InChI is InChI=1S/C18H22N6/c1-11(21-14-9-12-5-2-3-6-13(12)10-14)22-18-16-15(23-24-18)7-4-8-20-17(16)19/h2-3,5-6,14,20-21H,1,4,7-10,19H2,(H,22,24). The van der Waals surface area contributed by atoms with Gasteiger partial charge in [0.1, 0.15) is 11.6 Å². The van der Waals surface area contributed by atoms with E-state index in [4.69, 9.17) is 5.73 Å². The van der Waals surface area contributed by atoms with E-state index in [1.165, 1.54) is 11.1 Å². The summed E-state index contributed by atoms with van der Waals surface area (Å²) < 4.78 is 0. The Morgan fingerprint density at radius 2 is 2.04 bits per heavy atom. The number of nitrogens with two attached hydrogens (primary N) is 1. The first-order valence-electron chi connectivity index (χ1n) is 8.38. The van der Waals surface area contributed by atoms with Crippen molar-refractivity contribution < 1.29 is 0 Å². The van der Waals surface area contributed by atoms with E-state index < -0.39 is 0 Å². The molecule has 0 saturated carbocycles. The predicted octanol–water partition coefficient (Wildman–Crippen LogP) is 1.13. The van der Waals surface area contributed by atoms with Crippen LogP contribution < -0.4 is 21.8 Å². The molecular formula is C18H22N6. The van der Waals surface area contributed by atoms with Crippen LogP contribution in [0.3, 0.4) is 0 Å². The van der Waals surface area contributed by atoms with Crippen molar-refractivity contribution >= 4 is 11.5 Å². The van der Waals surface area contributed by atoms with Crippen LogP contribution in [0.15, 0.2) is 58.2 Å². The van der Waals surface area contributed by atoms with E-state index in [1.54, 1.807) is 0 Å². The Bertz CT molecular complexity index is 748. The Morgan fingerprint density at radius 3 is 2.79 bits per heavy atom. The topological polar surface area (TPSA) is 86.8 Å². The second kappa shape index (κ2) is 6.03. The van der Waals surface area contributed by atoms with Crippen LogP contribution in [0.25, 0.3) is 0 Å². The van der Waals surface area contributed by atoms with E-state index in [-0.39, 0.29) is 0 Å². The summed E-state index contributed by atoms with van der Waals surface area (Å²) in [6.07, 6.45) is 3.91. The lowest BCUT2D eigenvalue weighted by molar-refractivity contribution is 0.593. The van der Waals surface area contributed by atoms with Gasteiger partial charge in [-0.3, -0.25) is 5.43 Å². The third-order valence-electron chi connectivity index (χ3n) is 4.67. The zero-order chi connectivity index (χ0) is 16.5. The van der Waals surface area contributed by atoms with Gasteiger partial charge in [0.2, 0.25) is 0 Å². The molecule has 1 aromatic carbocycles. The Balaban J connectivity index is 1.46. The van der Waals surface area contributed by atoms with E-state index in [0.29, 0.717) is 23.5 Å². The van der Waals surface area contributed by atoms with Crippen LogP contribution in [0, 0.1) is 0 Å². The molecule has 4 rings (SSSR count). The first kappa shape index (κ1) is 14.8. The van der Waals surface area contributed by atoms with E-state index in [2.05, 4.69) is 57.0 Å². The smallest absolute Gasteiger partial charge is 0.161 e. The number of amidine groups is 1. The summed E-state index contributed by atoms with van der Waals surface area (Å²) in [4.78, 5) is 4.59. The quantitative estimate of drug-likeness (QED) is 0.672. The summed E-state index contributed by atoms with van der Waals surface area (Å²) in [5.41, 5.74) is 13.8. The zero-order valence-electron chi connectivity index (χ0n) is 13.6. The molecule has 6 heteroatoms. The monoisotopic (exact) mass is 322 g/mol. The van der Waals surface area contributed by atoms with Crippen molar-refractivity contribution in [1.82, 2.24) is 16.1 Å². The number of nitrogens with one attached hydrogen (secondary N) is 3. The molecule has 24 heavy (non-hydrogen) atoms.